The predicted molar refractivity (Wildman–Crippen MR) is 94.0 cm³/mol. The summed E-state index contributed by atoms with van der Waals surface area (Å²) in [5.41, 5.74) is 6.20. The molecule has 1 fully saturated rings. The minimum Gasteiger partial charge on any atom is -0.457 e. The standard InChI is InChI=1S/C18H18N2O3S/c19-18(22)24-16-10-17(21)20(12-16)11-13-6-8-15(9-7-13)23-14-4-2-1-3-5-14/h1-9,16H,10-12H2,(H2,19,22). The summed E-state index contributed by atoms with van der Waals surface area (Å²) in [4.78, 5) is 24.7. The first-order valence-electron chi connectivity index (χ1n) is 7.66. The zero-order valence-electron chi connectivity index (χ0n) is 13.1. The second kappa shape index (κ2) is 7.40. The van der Waals surface area contributed by atoms with Gasteiger partial charge in [0.15, 0.2) is 0 Å². The monoisotopic (exact) mass is 342 g/mol. The van der Waals surface area contributed by atoms with Gasteiger partial charge in [0, 0.05) is 24.8 Å². The molecule has 0 saturated carbocycles. The Morgan fingerprint density at radius 2 is 1.79 bits per heavy atom. The second-order valence-electron chi connectivity index (χ2n) is 5.60. The van der Waals surface area contributed by atoms with Crippen molar-refractivity contribution in [3.05, 3.63) is 60.2 Å². The maximum atomic E-state index is 12.0. The number of likely N-dealkylation sites (tertiary alicyclic amines) is 1. The Morgan fingerprint density at radius 1 is 1.12 bits per heavy atom. The molecule has 1 aliphatic rings. The van der Waals surface area contributed by atoms with Crippen LogP contribution in [0.5, 0.6) is 11.5 Å². The Kier molecular flexibility index (Phi) is 5.05. The lowest BCUT2D eigenvalue weighted by atomic mass is 10.2. The van der Waals surface area contributed by atoms with E-state index >= 15 is 0 Å². The van der Waals surface area contributed by atoms with Crippen molar-refractivity contribution in [3.8, 4) is 11.5 Å². The molecule has 0 radical (unpaired) electrons. The van der Waals surface area contributed by atoms with Crippen LogP contribution in [0.3, 0.4) is 0 Å². The summed E-state index contributed by atoms with van der Waals surface area (Å²) in [7, 11) is 0. The number of carbonyl (C=O) groups is 2. The number of primary amides is 1. The number of nitrogens with two attached hydrogens (primary N) is 1. The van der Waals surface area contributed by atoms with E-state index in [1.165, 1.54) is 0 Å². The number of thioether (sulfide) groups is 1. The van der Waals surface area contributed by atoms with Crippen molar-refractivity contribution in [1.29, 1.82) is 0 Å². The van der Waals surface area contributed by atoms with Gasteiger partial charge in [-0.15, -0.1) is 0 Å². The van der Waals surface area contributed by atoms with E-state index in [0.717, 1.165) is 28.8 Å². The van der Waals surface area contributed by atoms with Gasteiger partial charge in [0.05, 0.1) is 0 Å². The van der Waals surface area contributed by atoms with E-state index in [0.29, 0.717) is 19.5 Å². The Labute approximate surface area is 144 Å². The maximum absolute atomic E-state index is 12.0. The number of benzene rings is 2. The molecule has 1 saturated heterocycles. The molecule has 1 atom stereocenters. The van der Waals surface area contributed by atoms with Crippen LogP contribution in [0.25, 0.3) is 0 Å². The number of amides is 2. The summed E-state index contributed by atoms with van der Waals surface area (Å²) in [6.45, 7) is 1.08. The first-order chi connectivity index (χ1) is 11.6. The summed E-state index contributed by atoms with van der Waals surface area (Å²) in [6, 6.07) is 17.2. The van der Waals surface area contributed by atoms with E-state index in [-0.39, 0.29) is 11.2 Å². The Hall–Kier alpha value is -2.47. The van der Waals surface area contributed by atoms with Crippen molar-refractivity contribution in [2.75, 3.05) is 6.54 Å². The van der Waals surface area contributed by atoms with Crippen LogP contribution in [0.1, 0.15) is 12.0 Å². The number of hydrogen-bond donors (Lipinski definition) is 1. The lowest BCUT2D eigenvalue weighted by Crippen LogP contribution is -2.25. The highest BCUT2D eigenvalue weighted by molar-refractivity contribution is 8.14. The molecular formula is C18H18N2O3S. The van der Waals surface area contributed by atoms with Crippen LogP contribution >= 0.6 is 11.8 Å². The highest BCUT2D eigenvalue weighted by atomic mass is 32.2. The van der Waals surface area contributed by atoms with Gasteiger partial charge in [0.1, 0.15) is 11.5 Å². The summed E-state index contributed by atoms with van der Waals surface area (Å²) >= 11 is 1.04. The van der Waals surface area contributed by atoms with Crippen molar-refractivity contribution in [3.63, 3.8) is 0 Å². The summed E-state index contributed by atoms with van der Waals surface area (Å²) < 4.78 is 5.75. The van der Waals surface area contributed by atoms with Crippen LogP contribution < -0.4 is 10.5 Å². The smallest absolute Gasteiger partial charge is 0.276 e. The molecule has 2 aromatic carbocycles. The largest absolute Gasteiger partial charge is 0.457 e. The zero-order chi connectivity index (χ0) is 16.9. The summed E-state index contributed by atoms with van der Waals surface area (Å²) in [5, 5.41) is -0.479. The van der Waals surface area contributed by atoms with Crippen molar-refractivity contribution in [2.24, 2.45) is 5.73 Å². The number of carbonyl (C=O) groups excluding carboxylic acids is 2. The van der Waals surface area contributed by atoms with Gasteiger partial charge in [-0.3, -0.25) is 9.59 Å². The lowest BCUT2D eigenvalue weighted by Gasteiger charge is -2.16. The van der Waals surface area contributed by atoms with Crippen molar-refractivity contribution in [1.82, 2.24) is 4.90 Å². The molecule has 6 heteroatoms. The van der Waals surface area contributed by atoms with Crippen LogP contribution in [0.15, 0.2) is 54.6 Å². The summed E-state index contributed by atoms with van der Waals surface area (Å²) in [6.07, 6.45) is 0.364. The Balaban J connectivity index is 1.58. The molecule has 5 nitrogen and oxygen atoms in total. The third-order valence-electron chi connectivity index (χ3n) is 3.74. The number of hydrogen-bond acceptors (Lipinski definition) is 4. The molecule has 0 aliphatic carbocycles. The topological polar surface area (TPSA) is 72.6 Å². The number of para-hydroxylation sites is 1. The van der Waals surface area contributed by atoms with E-state index in [4.69, 9.17) is 10.5 Å². The number of rotatable bonds is 5. The molecule has 0 spiro atoms. The van der Waals surface area contributed by atoms with Gasteiger partial charge in [-0.05, 0) is 29.8 Å². The molecule has 24 heavy (non-hydrogen) atoms. The van der Waals surface area contributed by atoms with Gasteiger partial charge < -0.3 is 15.4 Å². The van der Waals surface area contributed by atoms with Crippen molar-refractivity contribution in [2.45, 2.75) is 18.2 Å². The minimum absolute atomic E-state index is 0.0457. The van der Waals surface area contributed by atoms with Gasteiger partial charge in [-0.2, -0.15) is 0 Å². The fourth-order valence-electron chi connectivity index (χ4n) is 2.64. The van der Waals surface area contributed by atoms with E-state index in [1.807, 2.05) is 54.6 Å². The predicted octanol–water partition coefficient (Wildman–Crippen LogP) is 3.39. The van der Waals surface area contributed by atoms with E-state index in [2.05, 4.69) is 0 Å². The third-order valence-corrected chi connectivity index (χ3v) is 4.62. The Morgan fingerprint density at radius 3 is 2.46 bits per heavy atom. The first-order valence-corrected chi connectivity index (χ1v) is 8.54. The molecule has 0 aromatic heterocycles. The number of ether oxygens (including phenoxy) is 1. The average Bonchev–Trinajstić information content (AvgIpc) is 2.89. The molecule has 1 unspecified atom stereocenters. The van der Waals surface area contributed by atoms with Gasteiger partial charge in [0.2, 0.25) is 5.91 Å². The van der Waals surface area contributed by atoms with Crippen LogP contribution in [-0.2, 0) is 11.3 Å². The maximum Gasteiger partial charge on any atom is 0.276 e. The fourth-order valence-corrected chi connectivity index (χ4v) is 3.45. The summed E-state index contributed by atoms with van der Waals surface area (Å²) in [5.74, 6) is 1.59. The molecule has 3 rings (SSSR count). The van der Waals surface area contributed by atoms with E-state index < -0.39 is 5.24 Å². The molecule has 124 valence electrons. The molecule has 2 N–H and O–H groups in total. The van der Waals surface area contributed by atoms with Gasteiger partial charge in [0.25, 0.3) is 5.24 Å². The third kappa shape index (κ3) is 4.29. The Bertz CT molecular complexity index is 719. The van der Waals surface area contributed by atoms with Crippen LogP contribution in [0.2, 0.25) is 0 Å². The van der Waals surface area contributed by atoms with Crippen molar-refractivity contribution < 1.29 is 14.3 Å². The normalized spacial score (nSPS) is 17.1. The molecule has 1 aliphatic heterocycles. The molecule has 2 aromatic rings. The lowest BCUT2D eigenvalue weighted by molar-refractivity contribution is -0.128. The molecule has 1 heterocycles. The van der Waals surface area contributed by atoms with Crippen LogP contribution in [-0.4, -0.2) is 27.8 Å². The van der Waals surface area contributed by atoms with Crippen molar-refractivity contribution >= 4 is 22.9 Å². The van der Waals surface area contributed by atoms with Gasteiger partial charge in [-0.1, -0.05) is 42.1 Å². The average molecular weight is 342 g/mol. The highest BCUT2D eigenvalue weighted by Crippen LogP contribution is 2.26. The molecular weight excluding hydrogens is 324 g/mol. The van der Waals surface area contributed by atoms with Gasteiger partial charge >= 0.3 is 0 Å². The van der Waals surface area contributed by atoms with Crippen LogP contribution in [0.4, 0.5) is 4.79 Å². The van der Waals surface area contributed by atoms with E-state index in [1.54, 1.807) is 4.90 Å². The fraction of sp³-hybridized carbons (Fsp3) is 0.222. The minimum atomic E-state index is -0.433. The van der Waals surface area contributed by atoms with Gasteiger partial charge in [-0.25, -0.2) is 0 Å². The van der Waals surface area contributed by atoms with E-state index in [9.17, 15) is 9.59 Å². The highest BCUT2D eigenvalue weighted by Gasteiger charge is 2.31. The first kappa shape index (κ1) is 16.4. The zero-order valence-corrected chi connectivity index (χ0v) is 13.9. The molecule has 0 bridgehead atoms. The quantitative estimate of drug-likeness (QED) is 0.904. The molecule has 2 amide bonds. The number of nitrogens with zero attached hydrogens (tertiary/aromatic N) is 1. The SMILES string of the molecule is NC(=O)SC1CC(=O)N(Cc2ccc(Oc3ccccc3)cc2)C1. The second-order valence-corrected chi connectivity index (χ2v) is 6.90. The van der Waals surface area contributed by atoms with Crippen LogP contribution in [0, 0.1) is 0 Å².